The van der Waals surface area contributed by atoms with Gasteiger partial charge in [0.25, 0.3) is 0 Å². The molecule has 4 heteroatoms. The molecule has 1 aromatic rings. The lowest BCUT2D eigenvalue weighted by atomic mass is 10.1. The SMILES string of the molecule is N#Cc1ccc(CNC(CCO)C2CC2)o1. The molecule has 1 heterocycles. The molecule has 0 spiro atoms. The van der Waals surface area contributed by atoms with E-state index in [1.54, 1.807) is 6.07 Å². The van der Waals surface area contributed by atoms with Crippen LogP contribution in [-0.2, 0) is 6.54 Å². The van der Waals surface area contributed by atoms with E-state index in [1.807, 2.05) is 12.1 Å². The van der Waals surface area contributed by atoms with Crippen LogP contribution in [0.2, 0.25) is 0 Å². The normalized spacial score (nSPS) is 17.0. The molecule has 2 rings (SSSR count). The lowest BCUT2D eigenvalue weighted by Gasteiger charge is -2.15. The molecule has 1 unspecified atom stereocenters. The molecular weight excluding hydrogens is 204 g/mol. The van der Waals surface area contributed by atoms with Crippen molar-refractivity contribution in [1.29, 1.82) is 5.26 Å². The van der Waals surface area contributed by atoms with E-state index >= 15 is 0 Å². The highest BCUT2D eigenvalue weighted by Gasteiger charge is 2.30. The molecule has 86 valence electrons. The Labute approximate surface area is 94.9 Å². The maximum atomic E-state index is 8.95. The highest BCUT2D eigenvalue weighted by atomic mass is 16.3. The molecule has 0 aliphatic heterocycles. The maximum Gasteiger partial charge on any atom is 0.203 e. The van der Waals surface area contributed by atoms with Gasteiger partial charge in [0.15, 0.2) is 0 Å². The fraction of sp³-hybridized carbons (Fsp3) is 0.583. The zero-order valence-corrected chi connectivity index (χ0v) is 9.15. The average Bonchev–Trinajstić information content (AvgIpc) is 3.03. The third-order valence-electron chi connectivity index (χ3n) is 2.94. The molecule has 1 aliphatic rings. The van der Waals surface area contributed by atoms with Crippen LogP contribution in [-0.4, -0.2) is 17.8 Å². The number of hydrogen-bond donors (Lipinski definition) is 2. The summed E-state index contributed by atoms with van der Waals surface area (Å²) < 4.78 is 5.28. The quantitative estimate of drug-likeness (QED) is 0.760. The first-order valence-electron chi connectivity index (χ1n) is 5.66. The Hall–Kier alpha value is -1.31. The largest absolute Gasteiger partial charge is 0.449 e. The van der Waals surface area contributed by atoms with Crippen LogP contribution >= 0.6 is 0 Å². The summed E-state index contributed by atoms with van der Waals surface area (Å²) in [6.07, 6.45) is 3.29. The summed E-state index contributed by atoms with van der Waals surface area (Å²) in [6.45, 7) is 0.846. The van der Waals surface area contributed by atoms with Crippen LogP contribution < -0.4 is 5.32 Å². The Morgan fingerprint density at radius 2 is 2.38 bits per heavy atom. The Morgan fingerprint density at radius 3 is 2.94 bits per heavy atom. The Balaban J connectivity index is 1.82. The standard InChI is InChI=1S/C12H16N2O2/c13-7-10-3-4-11(16-10)8-14-12(5-6-15)9-1-2-9/h3-4,9,12,14-15H,1-2,5-6,8H2. The first-order valence-corrected chi connectivity index (χ1v) is 5.66. The summed E-state index contributed by atoms with van der Waals surface area (Å²) in [5.41, 5.74) is 0. The lowest BCUT2D eigenvalue weighted by molar-refractivity contribution is 0.253. The average molecular weight is 220 g/mol. The first kappa shape index (κ1) is 11.2. The summed E-state index contributed by atoms with van der Waals surface area (Å²) in [5, 5.41) is 20.9. The van der Waals surface area contributed by atoms with E-state index in [9.17, 15) is 0 Å². The predicted octanol–water partition coefficient (Wildman–Crippen LogP) is 1.40. The molecule has 0 amide bonds. The van der Waals surface area contributed by atoms with Crippen molar-refractivity contribution >= 4 is 0 Å². The van der Waals surface area contributed by atoms with E-state index in [0.29, 0.717) is 24.3 Å². The Morgan fingerprint density at radius 1 is 1.56 bits per heavy atom. The number of hydrogen-bond acceptors (Lipinski definition) is 4. The van der Waals surface area contributed by atoms with Crippen molar-refractivity contribution in [2.45, 2.75) is 31.8 Å². The Kier molecular flexibility index (Phi) is 3.60. The molecule has 1 saturated carbocycles. The molecule has 0 aromatic carbocycles. The van der Waals surface area contributed by atoms with Crippen LogP contribution in [0.4, 0.5) is 0 Å². The fourth-order valence-corrected chi connectivity index (χ4v) is 1.91. The van der Waals surface area contributed by atoms with Crippen molar-refractivity contribution in [1.82, 2.24) is 5.32 Å². The van der Waals surface area contributed by atoms with Crippen LogP contribution in [0, 0.1) is 17.2 Å². The van der Waals surface area contributed by atoms with Crippen molar-refractivity contribution in [3.63, 3.8) is 0 Å². The number of nitriles is 1. The predicted molar refractivity (Wildman–Crippen MR) is 58.5 cm³/mol. The van der Waals surface area contributed by atoms with Gasteiger partial charge in [0.2, 0.25) is 5.76 Å². The molecular formula is C12H16N2O2. The molecule has 2 N–H and O–H groups in total. The number of aliphatic hydroxyl groups is 1. The van der Waals surface area contributed by atoms with Gasteiger partial charge in [0.05, 0.1) is 6.54 Å². The van der Waals surface area contributed by atoms with E-state index in [4.69, 9.17) is 14.8 Å². The minimum absolute atomic E-state index is 0.218. The zero-order chi connectivity index (χ0) is 11.4. The van der Waals surface area contributed by atoms with Crippen LogP contribution in [0.5, 0.6) is 0 Å². The van der Waals surface area contributed by atoms with E-state index in [-0.39, 0.29) is 6.61 Å². The summed E-state index contributed by atoms with van der Waals surface area (Å²) in [7, 11) is 0. The highest BCUT2D eigenvalue weighted by Crippen LogP contribution is 2.34. The van der Waals surface area contributed by atoms with Gasteiger partial charge in [-0.3, -0.25) is 0 Å². The van der Waals surface area contributed by atoms with E-state index < -0.39 is 0 Å². The van der Waals surface area contributed by atoms with Crippen LogP contribution in [0.1, 0.15) is 30.8 Å². The van der Waals surface area contributed by atoms with Gasteiger partial charge in [0.1, 0.15) is 11.8 Å². The number of nitrogens with zero attached hydrogens (tertiary/aromatic N) is 1. The van der Waals surface area contributed by atoms with Gasteiger partial charge in [-0.25, -0.2) is 0 Å². The molecule has 1 atom stereocenters. The van der Waals surface area contributed by atoms with Gasteiger partial charge in [-0.1, -0.05) is 0 Å². The summed E-state index contributed by atoms with van der Waals surface area (Å²) in [5.74, 6) is 1.83. The van der Waals surface area contributed by atoms with Gasteiger partial charge < -0.3 is 14.8 Å². The van der Waals surface area contributed by atoms with Crippen molar-refractivity contribution in [3.8, 4) is 6.07 Å². The molecule has 0 bridgehead atoms. The molecule has 0 radical (unpaired) electrons. The third-order valence-corrected chi connectivity index (χ3v) is 2.94. The van der Waals surface area contributed by atoms with Gasteiger partial charge in [-0.05, 0) is 37.3 Å². The minimum Gasteiger partial charge on any atom is -0.449 e. The second-order valence-corrected chi connectivity index (χ2v) is 4.21. The third kappa shape index (κ3) is 2.84. The van der Waals surface area contributed by atoms with Gasteiger partial charge in [-0.2, -0.15) is 5.26 Å². The molecule has 0 saturated heterocycles. The summed E-state index contributed by atoms with van der Waals surface area (Å²) >= 11 is 0. The van der Waals surface area contributed by atoms with Crippen molar-refractivity contribution in [2.75, 3.05) is 6.61 Å². The lowest BCUT2D eigenvalue weighted by Crippen LogP contribution is -2.31. The van der Waals surface area contributed by atoms with Crippen LogP contribution in [0.3, 0.4) is 0 Å². The minimum atomic E-state index is 0.218. The second-order valence-electron chi connectivity index (χ2n) is 4.21. The molecule has 1 aromatic heterocycles. The van der Waals surface area contributed by atoms with E-state index in [2.05, 4.69) is 5.32 Å². The highest BCUT2D eigenvalue weighted by molar-refractivity contribution is 5.19. The number of aliphatic hydroxyl groups excluding tert-OH is 1. The fourth-order valence-electron chi connectivity index (χ4n) is 1.91. The smallest absolute Gasteiger partial charge is 0.203 e. The number of rotatable bonds is 6. The van der Waals surface area contributed by atoms with Crippen molar-refractivity contribution in [2.24, 2.45) is 5.92 Å². The topological polar surface area (TPSA) is 69.2 Å². The first-order chi connectivity index (χ1) is 7.83. The molecule has 1 fully saturated rings. The van der Waals surface area contributed by atoms with Crippen molar-refractivity contribution in [3.05, 3.63) is 23.7 Å². The molecule has 1 aliphatic carbocycles. The van der Waals surface area contributed by atoms with Gasteiger partial charge in [0, 0.05) is 12.6 Å². The molecule has 4 nitrogen and oxygen atoms in total. The Bertz CT molecular complexity index is 377. The monoisotopic (exact) mass is 220 g/mol. The van der Waals surface area contributed by atoms with Crippen LogP contribution in [0.25, 0.3) is 0 Å². The summed E-state index contributed by atoms with van der Waals surface area (Å²) in [4.78, 5) is 0. The van der Waals surface area contributed by atoms with E-state index in [0.717, 1.165) is 12.2 Å². The summed E-state index contributed by atoms with van der Waals surface area (Å²) in [6, 6.07) is 5.83. The number of nitrogens with one attached hydrogen (secondary N) is 1. The van der Waals surface area contributed by atoms with Gasteiger partial charge >= 0.3 is 0 Å². The van der Waals surface area contributed by atoms with Crippen LogP contribution in [0.15, 0.2) is 16.5 Å². The maximum absolute atomic E-state index is 8.95. The van der Waals surface area contributed by atoms with Gasteiger partial charge in [-0.15, -0.1) is 0 Å². The van der Waals surface area contributed by atoms with Crippen molar-refractivity contribution < 1.29 is 9.52 Å². The second kappa shape index (κ2) is 5.15. The number of furan rings is 1. The van der Waals surface area contributed by atoms with E-state index in [1.165, 1.54) is 12.8 Å². The zero-order valence-electron chi connectivity index (χ0n) is 9.15. The molecule has 16 heavy (non-hydrogen) atoms.